The molecule has 0 aliphatic rings. The van der Waals surface area contributed by atoms with E-state index in [0.29, 0.717) is 11.3 Å². The fourth-order valence-electron chi connectivity index (χ4n) is 3.32. The highest BCUT2D eigenvalue weighted by atomic mass is 19.4. The maximum atomic E-state index is 13.0. The molecule has 3 N–H and O–H groups in total. The van der Waals surface area contributed by atoms with E-state index < -0.39 is 11.7 Å². The molecule has 0 unspecified atom stereocenters. The zero-order valence-electron chi connectivity index (χ0n) is 15.4. The number of fused-ring (bicyclic) bond motifs is 1. The number of rotatable bonds is 5. The highest BCUT2D eigenvalue weighted by Crippen LogP contribution is 2.32. The van der Waals surface area contributed by atoms with Crippen molar-refractivity contribution in [2.24, 2.45) is 5.84 Å². The van der Waals surface area contributed by atoms with E-state index in [1.165, 1.54) is 6.07 Å². The van der Waals surface area contributed by atoms with Crippen molar-refractivity contribution in [3.63, 3.8) is 0 Å². The highest BCUT2D eigenvalue weighted by molar-refractivity contribution is 5.91. The van der Waals surface area contributed by atoms with Crippen molar-refractivity contribution in [1.29, 1.82) is 0 Å². The van der Waals surface area contributed by atoms with E-state index in [-0.39, 0.29) is 18.9 Å². The molecule has 0 atom stereocenters. The SMILES string of the molecule is COc1ccc2c(c1)c(CC(=O)NN)c(C)n2Cc1cccc(C(F)(F)F)c1. The standard InChI is InChI=1S/C20H20F3N3O2/c1-12-16(10-19(27)25-24)17-9-15(28-2)6-7-18(17)26(12)11-13-4-3-5-14(8-13)20(21,22)23/h3-9H,10-11,24H2,1-2H3,(H,25,27). The Kier molecular flexibility index (Phi) is 5.33. The molecule has 0 radical (unpaired) electrons. The van der Waals surface area contributed by atoms with Crippen LogP contribution in [0.2, 0.25) is 0 Å². The van der Waals surface area contributed by atoms with Gasteiger partial charge in [0.1, 0.15) is 5.75 Å². The number of hydrogen-bond donors (Lipinski definition) is 2. The molecule has 3 aromatic rings. The van der Waals surface area contributed by atoms with Gasteiger partial charge in [0.25, 0.3) is 0 Å². The third-order valence-electron chi connectivity index (χ3n) is 4.75. The van der Waals surface area contributed by atoms with Crippen LogP contribution in [-0.4, -0.2) is 17.6 Å². The van der Waals surface area contributed by atoms with Gasteiger partial charge in [-0.3, -0.25) is 10.2 Å². The van der Waals surface area contributed by atoms with Gasteiger partial charge in [-0.2, -0.15) is 13.2 Å². The molecule has 1 amide bonds. The topological polar surface area (TPSA) is 69.3 Å². The summed E-state index contributed by atoms with van der Waals surface area (Å²) in [4.78, 5) is 11.9. The van der Waals surface area contributed by atoms with Crippen molar-refractivity contribution in [2.45, 2.75) is 26.1 Å². The second-order valence-corrected chi connectivity index (χ2v) is 6.48. The highest BCUT2D eigenvalue weighted by Gasteiger charge is 2.30. The number of nitrogens with zero attached hydrogens (tertiary/aromatic N) is 1. The molecule has 0 bridgehead atoms. The van der Waals surface area contributed by atoms with Crippen molar-refractivity contribution in [3.8, 4) is 5.75 Å². The first-order valence-electron chi connectivity index (χ1n) is 8.56. The van der Waals surface area contributed by atoms with Crippen LogP contribution in [0.5, 0.6) is 5.75 Å². The predicted molar refractivity (Wildman–Crippen MR) is 99.8 cm³/mol. The summed E-state index contributed by atoms with van der Waals surface area (Å²) in [6, 6.07) is 10.6. The fourth-order valence-corrected chi connectivity index (χ4v) is 3.32. The van der Waals surface area contributed by atoms with Gasteiger partial charge in [0.2, 0.25) is 5.91 Å². The Morgan fingerprint density at radius 2 is 1.96 bits per heavy atom. The smallest absolute Gasteiger partial charge is 0.416 e. The van der Waals surface area contributed by atoms with E-state index in [2.05, 4.69) is 5.43 Å². The third kappa shape index (κ3) is 3.82. The van der Waals surface area contributed by atoms with Crippen LogP contribution in [0.15, 0.2) is 42.5 Å². The Labute approximate surface area is 159 Å². The number of carbonyl (C=O) groups excluding carboxylic acids is 1. The first kappa shape index (κ1) is 19.8. The summed E-state index contributed by atoms with van der Waals surface area (Å²) < 4.78 is 46.3. The van der Waals surface area contributed by atoms with E-state index in [1.54, 1.807) is 19.2 Å². The number of alkyl halides is 3. The number of carbonyl (C=O) groups is 1. The van der Waals surface area contributed by atoms with Crippen LogP contribution in [0, 0.1) is 6.92 Å². The molecule has 0 saturated carbocycles. The van der Waals surface area contributed by atoms with Crippen molar-refractivity contribution >= 4 is 16.8 Å². The molecule has 0 saturated heterocycles. The van der Waals surface area contributed by atoms with Crippen molar-refractivity contribution in [1.82, 2.24) is 9.99 Å². The minimum atomic E-state index is -4.40. The van der Waals surface area contributed by atoms with Gasteiger partial charge in [0, 0.05) is 23.1 Å². The van der Waals surface area contributed by atoms with E-state index in [0.717, 1.165) is 34.3 Å². The van der Waals surface area contributed by atoms with Gasteiger partial charge in [-0.25, -0.2) is 5.84 Å². The van der Waals surface area contributed by atoms with Gasteiger partial charge in [-0.05, 0) is 48.4 Å². The summed E-state index contributed by atoms with van der Waals surface area (Å²) in [6.07, 6.45) is -4.34. The molecular formula is C20H20F3N3O2. The number of ether oxygens (including phenoxy) is 1. The van der Waals surface area contributed by atoms with Crippen LogP contribution in [0.3, 0.4) is 0 Å². The number of nitrogens with two attached hydrogens (primary N) is 1. The number of hydrogen-bond acceptors (Lipinski definition) is 3. The number of benzene rings is 2. The molecule has 1 aromatic heterocycles. The first-order valence-corrected chi connectivity index (χ1v) is 8.56. The monoisotopic (exact) mass is 391 g/mol. The van der Waals surface area contributed by atoms with E-state index in [9.17, 15) is 18.0 Å². The molecule has 5 nitrogen and oxygen atoms in total. The summed E-state index contributed by atoms with van der Waals surface area (Å²) in [5.41, 5.74) is 4.27. The van der Waals surface area contributed by atoms with Crippen LogP contribution in [-0.2, 0) is 23.9 Å². The van der Waals surface area contributed by atoms with Crippen LogP contribution < -0.4 is 16.0 Å². The van der Waals surface area contributed by atoms with Crippen molar-refractivity contribution in [2.75, 3.05) is 7.11 Å². The van der Waals surface area contributed by atoms with Gasteiger partial charge in [-0.15, -0.1) is 0 Å². The van der Waals surface area contributed by atoms with Gasteiger partial charge < -0.3 is 9.30 Å². The predicted octanol–water partition coefficient (Wildman–Crippen LogP) is 3.56. The lowest BCUT2D eigenvalue weighted by molar-refractivity contribution is -0.137. The number of aromatic nitrogens is 1. The third-order valence-corrected chi connectivity index (χ3v) is 4.75. The summed E-state index contributed by atoms with van der Waals surface area (Å²) in [5.74, 6) is 5.49. The van der Waals surface area contributed by atoms with Crippen molar-refractivity contribution in [3.05, 3.63) is 64.8 Å². The average molecular weight is 391 g/mol. The Balaban J connectivity index is 2.11. The fraction of sp³-hybridized carbons (Fsp3) is 0.250. The summed E-state index contributed by atoms with van der Waals surface area (Å²) in [6.45, 7) is 2.07. The second kappa shape index (κ2) is 7.55. The lowest BCUT2D eigenvalue weighted by Gasteiger charge is -2.12. The normalized spacial score (nSPS) is 11.6. The van der Waals surface area contributed by atoms with Crippen LogP contribution in [0.25, 0.3) is 10.9 Å². The van der Waals surface area contributed by atoms with Gasteiger partial charge >= 0.3 is 6.18 Å². The molecule has 2 aromatic carbocycles. The van der Waals surface area contributed by atoms with Gasteiger partial charge in [-0.1, -0.05) is 12.1 Å². The molecule has 3 rings (SSSR count). The number of halogens is 3. The van der Waals surface area contributed by atoms with Crippen LogP contribution in [0.1, 0.15) is 22.4 Å². The lowest BCUT2D eigenvalue weighted by Crippen LogP contribution is -2.31. The number of methoxy groups -OCH3 is 1. The Morgan fingerprint density at radius 1 is 1.21 bits per heavy atom. The van der Waals surface area contributed by atoms with Gasteiger partial charge in [0.05, 0.1) is 19.1 Å². The molecule has 0 aliphatic carbocycles. The largest absolute Gasteiger partial charge is 0.497 e. The van der Waals surface area contributed by atoms with Crippen LogP contribution >= 0.6 is 0 Å². The second-order valence-electron chi connectivity index (χ2n) is 6.48. The zero-order chi connectivity index (χ0) is 20.5. The molecule has 0 fully saturated rings. The Morgan fingerprint density at radius 3 is 2.61 bits per heavy atom. The van der Waals surface area contributed by atoms with Crippen molar-refractivity contribution < 1.29 is 22.7 Å². The molecule has 1 heterocycles. The molecule has 0 aliphatic heterocycles. The minimum Gasteiger partial charge on any atom is -0.497 e. The molecule has 8 heteroatoms. The molecule has 148 valence electrons. The maximum absolute atomic E-state index is 13.0. The lowest BCUT2D eigenvalue weighted by atomic mass is 10.1. The Bertz CT molecular complexity index is 1030. The number of hydrazine groups is 1. The van der Waals surface area contributed by atoms with Crippen LogP contribution in [0.4, 0.5) is 13.2 Å². The van der Waals surface area contributed by atoms with E-state index in [1.807, 2.05) is 23.6 Å². The van der Waals surface area contributed by atoms with E-state index >= 15 is 0 Å². The average Bonchev–Trinajstić information content (AvgIpc) is 2.92. The number of amides is 1. The Hall–Kier alpha value is -3.00. The first-order chi connectivity index (χ1) is 13.2. The summed E-state index contributed by atoms with van der Waals surface area (Å²) >= 11 is 0. The maximum Gasteiger partial charge on any atom is 0.416 e. The number of nitrogens with one attached hydrogen (secondary N) is 1. The quantitative estimate of drug-likeness (QED) is 0.397. The minimum absolute atomic E-state index is 0.0571. The molecule has 28 heavy (non-hydrogen) atoms. The zero-order valence-corrected chi connectivity index (χ0v) is 15.4. The molecule has 0 spiro atoms. The summed E-state index contributed by atoms with van der Waals surface area (Å²) in [7, 11) is 1.54. The molecular weight excluding hydrogens is 371 g/mol. The van der Waals surface area contributed by atoms with Gasteiger partial charge in [0.15, 0.2) is 0 Å². The summed E-state index contributed by atoms with van der Waals surface area (Å²) in [5, 5.41) is 0.799. The van der Waals surface area contributed by atoms with E-state index in [4.69, 9.17) is 10.6 Å².